The summed E-state index contributed by atoms with van der Waals surface area (Å²) in [4.78, 5) is 13.2. The molecular formula is C22H28Cl2NOSiZr. The van der Waals surface area contributed by atoms with Gasteiger partial charge in [0.05, 0.1) is 0 Å². The largest absolute Gasteiger partial charge is 1.00 e. The number of benzene rings is 2. The molecule has 0 spiro atoms. The Hall–Kier alpha value is -0.670. The standard InChI is InChI=1S/C11H15NO.C9H7.C2H7Si.2ClH.Zr/c1-11(2,3)9-7-5-4-6-8(9)10(12)13;1-2-5-9-7-3-6-8(9)4-1;1-3-2;;;/h4-7H,1-3H3,(H2,12,13);1-7H;3H,1-2H3;2*1H;/q;;;;;+3/p-3. The maximum absolute atomic E-state index is 13.2. The van der Waals surface area contributed by atoms with E-state index in [1.807, 2.05) is 18.2 Å². The van der Waals surface area contributed by atoms with Gasteiger partial charge in [-0.05, 0) is 0 Å². The van der Waals surface area contributed by atoms with Gasteiger partial charge in [0, 0.05) is 0 Å². The van der Waals surface area contributed by atoms with Gasteiger partial charge < -0.3 is 24.8 Å². The number of halogens is 2. The molecule has 0 saturated carbocycles. The van der Waals surface area contributed by atoms with E-state index in [1.165, 1.54) is 11.1 Å². The molecule has 0 heterocycles. The Bertz CT molecular complexity index is 848. The van der Waals surface area contributed by atoms with Gasteiger partial charge in [-0.2, -0.15) is 0 Å². The molecule has 0 aromatic heterocycles. The van der Waals surface area contributed by atoms with Crippen LogP contribution in [0.1, 0.15) is 51.4 Å². The van der Waals surface area contributed by atoms with E-state index in [1.54, 1.807) is 0 Å². The van der Waals surface area contributed by atoms with Crippen LogP contribution < -0.4 is 28.1 Å². The third-order valence-electron chi connectivity index (χ3n) is 4.99. The fourth-order valence-electron chi connectivity index (χ4n) is 3.64. The summed E-state index contributed by atoms with van der Waals surface area (Å²) in [5.74, 6) is -0.779. The molecule has 1 amide bonds. The van der Waals surface area contributed by atoms with Crippen molar-refractivity contribution in [2.45, 2.75) is 42.9 Å². The Morgan fingerprint density at radius 2 is 1.61 bits per heavy atom. The van der Waals surface area contributed by atoms with Crippen LogP contribution in [0.5, 0.6) is 0 Å². The molecule has 0 bridgehead atoms. The molecule has 0 radical (unpaired) electrons. The van der Waals surface area contributed by atoms with Gasteiger partial charge in [-0.1, -0.05) is 0 Å². The maximum Gasteiger partial charge on any atom is -1.00 e. The molecule has 28 heavy (non-hydrogen) atoms. The molecule has 2 nitrogen and oxygen atoms in total. The Labute approximate surface area is 190 Å². The molecule has 1 N–H and O–H groups in total. The topological polar surface area (TPSA) is 29.1 Å². The second-order valence-corrected chi connectivity index (χ2v) is 27.2. The van der Waals surface area contributed by atoms with Crippen molar-refractivity contribution in [3.63, 3.8) is 0 Å². The third kappa shape index (κ3) is 5.48. The van der Waals surface area contributed by atoms with Crippen LogP contribution in [0.2, 0.25) is 13.1 Å². The summed E-state index contributed by atoms with van der Waals surface area (Å²) in [6.07, 6.45) is 4.59. The molecular weight excluding hydrogens is 484 g/mol. The SMILES string of the molecule is C[SiH](C)[Zr+2]([NH]C(=O)c1ccccc1C(C)(C)C)[CH]1C=Cc2ccccc21.[Cl-].[Cl-]. The van der Waals surface area contributed by atoms with Crippen molar-refractivity contribution in [2.24, 2.45) is 0 Å². The van der Waals surface area contributed by atoms with E-state index in [2.05, 4.69) is 79.6 Å². The predicted octanol–water partition coefficient (Wildman–Crippen LogP) is -0.993. The van der Waals surface area contributed by atoms with Gasteiger partial charge in [-0.15, -0.1) is 0 Å². The summed E-state index contributed by atoms with van der Waals surface area (Å²) < 4.78 is 4.07. The second kappa shape index (κ2) is 10.4. The number of hydrogen-bond donors (Lipinski definition) is 1. The Kier molecular flexibility index (Phi) is 9.41. The average Bonchev–Trinajstić information content (AvgIpc) is 3.02. The third-order valence-corrected chi connectivity index (χ3v) is 22.5. The Morgan fingerprint density at radius 1 is 1.00 bits per heavy atom. The molecule has 1 aliphatic rings. The van der Waals surface area contributed by atoms with Gasteiger partial charge >= 0.3 is 167 Å². The van der Waals surface area contributed by atoms with E-state index in [0.29, 0.717) is 3.63 Å². The second-order valence-electron chi connectivity index (χ2n) is 8.33. The summed E-state index contributed by atoms with van der Waals surface area (Å²) in [6, 6.07) is 16.7. The van der Waals surface area contributed by atoms with Crippen LogP contribution in [0.15, 0.2) is 54.6 Å². The van der Waals surface area contributed by atoms with E-state index < -0.39 is 27.1 Å². The van der Waals surface area contributed by atoms with Gasteiger partial charge in [0.2, 0.25) is 0 Å². The first-order chi connectivity index (χ1) is 12.3. The molecule has 1 aliphatic carbocycles. The maximum atomic E-state index is 13.2. The minimum atomic E-state index is -2.13. The van der Waals surface area contributed by atoms with E-state index in [0.717, 1.165) is 11.1 Å². The first-order valence-electron chi connectivity index (χ1n) is 9.33. The summed E-state index contributed by atoms with van der Waals surface area (Å²) in [5, 5.41) is 0. The minimum absolute atomic E-state index is 0. The van der Waals surface area contributed by atoms with Gasteiger partial charge in [0.25, 0.3) is 0 Å². The van der Waals surface area contributed by atoms with Crippen LogP contribution in [0.3, 0.4) is 0 Å². The molecule has 2 aromatic rings. The Morgan fingerprint density at radius 3 is 2.25 bits per heavy atom. The molecule has 0 saturated heterocycles. The van der Waals surface area contributed by atoms with Gasteiger partial charge in [0.15, 0.2) is 0 Å². The number of allylic oxidation sites excluding steroid dienone is 1. The first-order valence-corrected chi connectivity index (χ1v) is 19.1. The fourth-order valence-corrected chi connectivity index (χ4v) is 18.1. The smallest absolute Gasteiger partial charge is 1.00 e. The number of carbonyl (C=O) groups excluding carboxylic acids is 1. The number of hydrogen-bond acceptors (Lipinski definition) is 1. The van der Waals surface area contributed by atoms with Crippen molar-refractivity contribution in [3.05, 3.63) is 76.9 Å². The summed E-state index contributed by atoms with van der Waals surface area (Å²) in [6.45, 7) is 11.3. The number of fused-ring (bicyclic) bond motifs is 1. The van der Waals surface area contributed by atoms with E-state index in [9.17, 15) is 4.79 Å². The molecule has 6 heteroatoms. The predicted molar refractivity (Wildman–Crippen MR) is 110 cm³/mol. The summed E-state index contributed by atoms with van der Waals surface area (Å²) in [5.41, 5.74) is 4.70. The quantitative estimate of drug-likeness (QED) is 0.524. The van der Waals surface area contributed by atoms with E-state index in [4.69, 9.17) is 0 Å². The average molecular weight is 513 g/mol. The van der Waals surface area contributed by atoms with Crippen LogP contribution >= 0.6 is 0 Å². The van der Waals surface area contributed by atoms with E-state index in [-0.39, 0.29) is 36.1 Å². The van der Waals surface area contributed by atoms with Crippen LogP contribution in [0, 0.1) is 0 Å². The van der Waals surface area contributed by atoms with Crippen molar-refractivity contribution >= 4 is 17.9 Å². The zero-order valence-corrected chi connectivity index (χ0v) is 22.2. The zero-order valence-electron chi connectivity index (χ0n) is 17.1. The van der Waals surface area contributed by atoms with Crippen LogP contribution in [0.25, 0.3) is 6.08 Å². The van der Waals surface area contributed by atoms with Crippen molar-refractivity contribution in [1.82, 2.24) is 3.26 Å². The van der Waals surface area contributed by atoms with Crippen molar-refractivity contribution < 1.29 is 50.8 Å². The fraction of sp³-hybridized carbons (Fsp3) is 0.318. The molecule has 149 valence electrons. The number of rotatable bonds is 4. The molecule has 2 aromatic carbocycles. The van der Waals surface area contributed by atoms with Gasteiger partial charge in [-0.25, -0.2) is 0 Å². The Balaban J connectivity index is 0.00000196. The van der Waals surface area contributed by atoms with Crippen LogP contribution in [0.4, 0.5) is 0 Å². The summed E-state index contributed by atoms with van der Waals surface area (Å²) in [7, 11) is 0. The van der Waals surface area contributed by atoms with Crippen LogP contribution in [-0.4, -0.2) is 11.8 Å². The molecule has 3 rings (SSSR count). The van der Waals surface area contributed by atoms with Crippen LogP contribution in [-0.2, 0) is 26.6 Å². The number of carbonyl (C=O) groups is 1. The van der Waals surface area contributed by atoms with Crippen molar-refractivity contribution in [2.75, 3.05) is 0 Å². The van der Waals surface area contributed by atoms with Gasteiger partial charge in [-0.3, -0.25) is 0 Å². The number of nitrogens with one attached hydrogen (secondary N) is 1. The van der Waals surface area contributed by atoms with E-state index >= 15 is 0 Å². The molecule has 1 atom stereocenters. The molecule has 0 fully saturated rings. The molecule has 1 unspecified atom stereocenters. The van der Waals surface area contributed by atoms with Crippen molar-refractivity contribution in [3.8, 4) is 0 Å². The van der Waals surface area contributed by atoms with Crippen molar-refractivity contribution in [1.29, 1.82) is 0 Å². The molecule has 0 aliphatic heterocycles. The van der Waals surface area contributed by atoms with Gasteiger partial charge in [0.1, 0.15) is 0 Å². The monoisotopic (exact) mass is 510 g/mol. The summed E-state index contributed by atoms with van der Waals surface area (Å²) >= 11 is -2.13. The first kappa shape index (κ1) is 25.4. The normalized spacial score (nSPS) is 14.7. The zero-order chi connectivity index (χ0) is 18.9. The number of amides is 1. The minimum Gasteiger partial charge on any atom is -1.00 e.